The molecule has 0 radical (unpaired) electrons. The van der Waals surface area contributed by atoms with Crippen LogP contribution in [0.1, 0.15) is 12.0 Å². The Hall–Kier alpha value is -0.470. The summed E-state index contributed by atoms with van der Waals surface area (Å²) in [5.74, 6) is 0.962. The summed E-state index contributed by atoms with van der Waals surface area (Å²) >= 11 is 5.73. The van der Waals surface area contributed by atoms with Crippen LogP contribution in [-0.4, -0.2) is 11.5 Å². The van der Waals surface area contributed by atoms with E-state index in [0.29, 0.717) is 5.15 Å². The lowest BCUT2D eigenvalue weighted by Crippen LogP contribution is -2.12. The van der Waals surface area contributed by atoms with Gasteiger partial charge >= 0.3 is 0 Å². The number of hydrogen-bond donors (Lipinski definition) is 1. The number of fused-ring (bicyclic) bond motifs is 1. The Labute approximate surface area is 82.7 Å². The van der Waals surface area contributed by atoms with Gasteiger partial charge in [0.15, 0.2) is 0 Å². The van der Waals surface area contributed by atoms with Gasteiger partial charge in [0.1, 0.15) is 11.0 Å². The fraction of sp³-hybridized carbons (Fsp3) is 0.375. The highest BCUT2D eigenvalue weighted by molar-refractivity contribution is 6.29. The number of aromatic nitrogens is 1. The quantitative estimate of drug-likeness (QED) is 0.658. The molecular weight excluding hydrogens is 195 g/mol. The van der Waals surface area contributed by atoms with E-state index in [0.717, 1.165) is 18.8 Å². The van der Waals surface area contributed by atoms with Gasteiger partial charge in [-0.3, -0.25) is 0 Å². The second-order valence-electron chi connectivity index (χ2n) is 2.67. The predicted octanol–water partition coefficient (Wildman–Crippen LogP) is 2.51. The van der Waals surface area contributed by atoms with Crippen molar-refractivity contribution in [2.45, 2.75) is 12.8 Å². The number of aryl methyl sites for hydroxylation is 1. The molecular formula is C8H10Cl2N2. The summed E-state index contributed by atoms with van der Waals surface area (Å²) in [4.78, 5) is 4.17. The van der Waals surface area contributed by atoms with Gasteiger partial charge in [-0.15, -0.1) is 12.4 Å². The van der Waals surface area contributed by atoms with Crippen molar-refractivity contribution >= 4 is 29.8 Å². The van der Waals surface area contributed by atoms with Crippen LogP contribution in [0.4, 0.5) is 5.82 Å². The third-order valence-corrected chi connectivity index (χ3v) is 2.07. The SMILES string of the molecule is Cl.Clc1ccc2c(n1)NCCC2. The first kappa shape index (κ1) is 9.62. The molecule has 4 heteroatoms. The molecule has 2 heterocycles. The van der Waals surface area contributed by atoms with Crippen molar-refractivity contribution in [1.82, 2.24) is 4.98 Å². The lowest BCUT2D eigenvalue weighted by molar-refractivity contribution is 0.818. The molecule has 0 atom stereocenters. The van der Waals surface area contributed by atoms with Crippen LogP contribution in [-0.2, 0) is 6.42 Å². The van der Waals surface area contributed by atoms with Crippen LogP contribution in [0.25, 0.3) is 0 Å². The van der Waals surface area contributed by atoms with Crippen LogP contribution >= 0.6 is 24.0 Å². The van der Waals surface area contributed by atoms with Crippen LogP contribution in [0.3, 0.4) is 0 Å². The van der Waals surface area contributed by atoms with Gasteiger partial charge in [-0.1, -0.05) is 17.7 Å². The first-order valence-corrected chi connectivity index (χ1v) is 4.13. The molecule has 0 aliphatic carbocycles. The average Bonchev–Trinajstić information content (AvgIpc) is 2.04. The monoisotopic (exact) mass is 204 g/mol. The summed E-state index contributed by atoms with van der Waals surface area (Å²) in [6.45, 7) is 1.01. The molecule has 2 rings (SSSR count). The molecule has 1 aliphatic rings. The number of hydrogen-bond acceptors (Lipinski definition) is 2. The van der Waals surface area contributed by atoms with E-state index in [1.54, 1.807) is 0 Å². The summed E-state index contributed by atoms with van der Waals surface area (Å²) in [6, 6.07) is 3.88. The van der Waals surface area contributed by atoms with E-state index in [1.807, 2.05) is 12.1 Å². The maximum absolute atomic E-state index is 5.73. The molecule has 1 aromatic heterocycles. The maximum atomic E-state index is 5.73. The summed E-state index contributed by atoms with van der Waals surface area (Å²) < 4.78 is 0. The van der Waals surface area contributed by atoms with E-state index < -0.39 is 0 Å². The third-order valence-electron chi connectivity index (χ3n) is 1.86. The highest BCUT2D eigenvalue weighted by atomic mass is 35.5. The van der Waals surface area contributed by atoms with Crippen molar-refractivity contribution < 1.29 is 0 Å². The maximum Gasteiger partial charge on any atom is 0.131 e. The molecule has 0 saturated heterocycles. The molecule has 1 aliphatic heterocycles. The highest BCUT2D eigenvalue weighted by Gasteiger charge is 2.08. The molecule has 0 bridgehead atoms. The van der Waals surface area contributed by atoms with E-state index in [-0.39, 0.29) is 12.4 Å². The Kier molecular flexibility index (Phi) is 3.18. The molecule has 66 valence electrons. The minimum absolute atomic E-state index is 0. The van der Waals surface area contributed by atoms with Crippen LogP contribution in [0, 0.1) is 0 Å². The zero-order valence-electron chi connectivity index (χ0n) is 6.51. The fourth-order valence-electron chi connectivity index (χ4n) is 1.30. The molecule has 0 unspecified atom stereocenters. The number of nitrogens with zero attached hydrogens (tertiary/aromatic N) is 1. The number of anilines is 1. The highest BCUT2D eigenvalue weighted by Crippen LogP contribution is 2.20. The van der Waals surface area contributed by atoms with Gasteiger partial charge < -0.3 is 5.32 Å². The predicted molar refractivity (Wildman–Crippen MR) is 53.3 cm³/mol. The topological polar surface area (TPSA) is 24.9 Å². The number of pyridine rings is 1. The van der Waals surface area contributed by atoms with Crippen molar-refractivity contribution in [3.05, 3.63) is 22.8 Å². The lowest BCUT2D eigenvalue weighted by Gasteiger charge is -2.15. The van der Waals surface area contributed by atoms with Crippen LogP contribution in [0.2, 0.25) is 5.15 Å². The largest absolute Gasteiger partial charge is 0.370 e. The molecule has 1 aromatic rings. The third kappa shape index (κ3) is 1.82. The molecule has 0 amide bonds. The van der Waals surface area contributed by atoms with Gasteiger partial charge in [0.25, 0.3) is 0 Å². The number of nitrogens with one attached hydrogen (secondary N) is 1. The zero-order valence-corrected chi connectivity index (χ0v) is 8.08. The Morgan fingerprint density at radius 3 is 3.08 bits per heavy atom. The molecule has 2 nitrogen and oxygen atoms in total. The Balaban J connectivity index is 0.000000720. The normalized spacial score (nSPS) is 14.1. The van der Waals surface area contributed by atoms with E-state index in [4.69, 9.17) is 11.6 Å². The van der Waals surface area contributed by atoms with Gasteiger partial charge in [-0.2, -0.15) is 0 Å². The van der Waals surface area contributed by atoms with Crippen LogP contribution < -0.4 is 5.32 Å². The minimum Gasteiger partial charge on any atom is -0.370 e. The van der Waals surface area contributed by atoms with E-state index >= 15 is 0 Å². The summed E-state index contributed by atoms with van der Waals surface area (Å²) in [6.07, 6.45) is 2.31. The van der Waals surface area contributed by atoms with E-state index in [9.17, 15) is 0 Å². The van der Waals surface area contributed by atoms with Gasteiger partial charge in [-0.05, 0) is 24.5 Å². The molecule has 0 fully saturated rings. The van der Waals surface area contributed by atoms with Crippen molar-refractivity contribution in [2.24, 2.45) is 0 Å². The van der Waals surface area contributed by atoms with E-state index in [1.165, 1.54) is 12.0 Å². The second kappa shape index (κ2) is 3.97. The van der Waals surface area contributed by atoms with Crippen molar-refractivity contribution in [3.8, 4) is 0 Å². The number of rotatable bonds is 0. The van der Waals surface area contributed by atoms with Crippen LogP contribution in [0.15, 0.2) is 12.1 Å². The van der Waals surface area contributed by atoms with Gasteiger partial charge in [0.2, 0.25) is 0 Å². The summed E-state index contributed by atoms with van der Waals surface area (Å²) in [5.41, 5.74) is 1.28. The first-order chi connectivity index (χ1) is 5.36. The fourth-order valence-corrected chi connectivity index (χ4v) is 1.45. The lowest BCUT2D eigenvalue weighted by atomic mass is 10.1. The van der Waals surface area contributed by atoms with Crippen molar-refractivity contribution in [2.75, 3.05) is 11.9 Å². The van der Waals surface area contributed by atoms with Gasteiger partial charge in [0.05, 0.1) is 0 Å². The Morgan fingerprint density at radius 1 is 1.42 bits per heavy atom. The van der Waals surface area contributed by atoms with Gasteiger partial charge in [0, 0.05) is 6.54 Å². The smallest absolute Gasteiger partial charge is 0.131 e. The minimum atomic E-state index is 0. The average molecular weight is 205 g/mol. The zero-order chi connectivity index (χ0) is 7.68. The molecule has 12 heavy (non-hydrogen) atoms. The summed E-state index contributed by atoms with van der Waals surface area (Å²) in [5, 5.41) is 3.78. The van der Waals surface area contributed by atoms with Crippen molar-refractivity contribution in [1.29, 1.82) is 0 Å². The molecule has 0 saturated carbocycles. The summed E-state index contributed by atoms with van der Waals surface area (Å²) in [7, 11) is 0. The molecule has 1 N–H and O–H groups in total. The standard InChI is InChI=1S/C8H9ClN2.ClH/c9-7-4-3-6-2-1-5-10-8(6)11-7;/h3-4H,1-2,5H2,(H,10,11);1H. The van der Waals surface area contributed by atoms with E-state index in [2.05, 4.69) is 10.3 Å². The molecule has 0 spiro atoms. The first-order valence-electron chi connectivity index (χ1n) is 3.75. The van der Waals surface area contributed by atoms with Crippen molar-refractivity contribution in [3.63, 3.8) is 0 Å². The second-order valence-corrected chi connectivity index (χ2v) is 3.06. The van der Waals surface area contributed by atoms with Crippen LogP contribution in [0.5, 0.6) is 0 Å². The number of halogens is 2. The van der Waals surface area contributed by atoms with Gasteiger partial charge in [-0.25, -0.2) is 4.98 Å². The molecule has 0 aromatic carbocycles. The Bertz CT molecular complexity index is 276. The Morgan fingerprint density at radius 2 is 2.25 bits per heavy atom.